The number of carbonyl (C=O) groups is 1. The van der Waals surface area contributed by atoms with E-state index in [1.165, 1.54) is 12.1 Å². The number of rotatable bonds is 6. The molecule has 0 unspecified atom stereocenters. The van der Waals surface area contributed by atoms with E-state index in [1.807, 2.05) is 19.9 Å². The number of nitrogens with zero attached hydrogens (tertiary/aromatic N) is 4. The molecule has 0 atom stereocenters. The van der Waals surface area contributed by atoms with Crippen LogP contribution in [0.2, 0.25) is 0 Å². The maximum atomic E-state index is 13.0. The van der Waals surface area contributed by atoms with Crippen molar-refractivity contribution >= 4 is 11.6 Å². The molecule has 0 radical (unpaired) electrons. The zero-order valence-electron chi connectivity index (χ0n) is 18.0. The van der Waals surface area contributed by atoms with Crippen LogP contribution < -0.4 is 10.1 Å². The molecule has 2 heterocycles. The Bertz CT molecular complexity index is 1250. The molecule has 2 aromatic carbocycles. The van der Waals surface area contributed by atoms with Crippen LogP contribution in [-0.4, -0.2) is 25.7 Å². The Morgan fingerprint density at radius 2 is 1.72 bits per heavy atom. The third-order valence-electron chi connectivity index (χ3n) is 4.67. The first kappa shape index (κ1) is 21.2. The summed E-state index contributed by atoms with van der Waals surface area (Å²) in [6.45, 7) is 5.68. The van der Waals surface area contributed by atoms with E-state index >= 15 is 0 Å². The van der Waals surface area contributed by atoms with E-state index in [-0.39, 0.29) is 18.1 Å². The van der Waals surface area contributed by atoms with Crippen LogP contribution in [-0.2, 0) is 11.2 Å². The average molecular weight is 431 g/mol. The summed E-state index contributed by atoms with van der Waals surface area (Å²) in [5.74, 6) is 1.64. The Balaban J connectivity index is 1.43. The number of carbonyl (C=O) groups excluding carboxylic acids is 1. The predicted molar refractivity (Wildman–Crippen MR) is 119 cm³/mol. The molecule has 0 spiro atoms. The highest BCUT2D eigenvalue weighted by molar-refractivity contribution is 5.92. The van der Waals surface area contributed by atoms with Crippen LogP contribution in [0.5, 0.6) is 11.6 Å². The molecule has 0 aliphatic rings. The molecule has 0 aliphatic carbocycles. The van der Waals surface area contributed by atoms with Gasteiger partial charge in [0.05, 0.1) is 12.1 Å². The lowest BCUT2D eigenvalue weighted by Gasteiger charge is -2.10. The lowest BCUT2D eigenvalue weighted by Crippen LogP contribution is -2.14. The van der Waals surface area contributed by atoms with Crippen LogP contribution in [0.15, 0.2) is 60.7 Å². The van der Waals surface area contributed by atoms with Gasteiger partial charge in [-0.3, -0.25) is 4.79 Å². The highest BCUT2D eigenvalue weighted by Crippen LogP contribution is 2.23. The Hall–Kier alpha value is -4.07. The van der Waals surface area contributed by atoms with E-state index in [0.717, 1.165) is 17.0 Å². The monoisotopic (exact) mass is 431 g/mol. The fourth-order valence-corrected chi connectivity index (χ4v) is 3.27. The molecule has 1 N–H and O–H groups in total. The number of hydrogen-bond acceptors (Lipinski definition) is 5. The third kappa shape index (κ3) is 5.15. The fraction of sp³-hybridized carbons (Fsp3) is 0.167. The largest absolute Gasteiger partial charge is 0.439 e. The average Bonchev–Trinajstić information content (AvgIpc) is 3.09. The van der Waals surface area contributed by atoms with E-state index in [9.17, 15) is 9.18 Å². The first-order valence-corrected chi connectivity index (χ1v) is 10.1. The summed E-state index contributed by atoms with van der Waals surface area (Å²) in [6.07, 6.45) is 0.161. The lowest BCUT2D eigenvalue weighted by atomic mass is 10.1. The normalized spacial score (nSPS) is 10.8. The van der Waals surface area contributed by atoms with E-state index in [1.54, 1.807) is 54.1 Å². The number of halogens is 1. The van der Waals surface area contributed by atoms with Crippen LogP contribution >= 0.6 is 0 Å². The van der Waals surface area contributed by atoms with Gasteiger partial charge in [0.15, 0.2) is 5.82 Å². The molecular formula is C24H22FN5O2. The number of aromatic nitrogens is 4. The quantitative estimate of drug-likeness (QED) is 0.479. The van der Waals surface area contributed by atoms with Gasteiger partial charge < -0.3 is 10.1 Å². The molecule has 8 heteroatoms. The zero-order chi connectivity index (χ0) is 22.7. The SMILES string of the molecule is Cc1cc(C)n(-c2cc(Oc3ccc(NC(=O)Cc4ccc(F)cc4)cc3)nc(C)n2)n1. The van der Waals surface area contributed by atoms with Crippen molar-refractivity contribution in [1.29, 1.82) is 0 Å². The van der Waals surface area contributed by atoms with E-state index in [2.05, 4.69) is 20.4 Å². The van der Waals surface area contributed by atoms with Gasteiger partial charge >= 0.3 is 0 Å². The molecule has 4 rings (SSSR count). The Kier molecular flexibility index (Phi) is 5.93. The zero-order valence-corrected chi connectivity index (χ0v) is 18.0. The van der Waals surface area contributed by atoms with Gasteiger partial charge in [0.25, 0.3) is 0 Å². The van der Waals surface area contributed by atoms with Crippen LogP contribution in [0.4, 0.5) is 10.1 Å². The van der Waals surface area contributed by atoms with Gasteiger partial charge in [-0.25, -0.2) is 14.1 Å². The van der Waals surface area contributed by atoms with Gasteiger partial charge in [-0.05, 0) is 68.8 Å². The first-order valence-electron chi connectivity index (χ1n) is 10.1. The highest BCUT2D eigenvalue weighted by atomic mass is 19.1. The topological polar surface area (TPSA) is 81.9 Å². The van der Waals surface area contributed by atoms with Crippen molar-refractivity contribution in [2.24, 2.45) is 0 Å². The fourth-order valence-electron chi connectivity index (χ4n) is 3.27. The minimum absolute atomic E-state index is 0.161. The van der Waals surface area contributed by atoms with Gasteiger partial charge in [0.1, 0.15) is 17.4 Å². The smallest absolute Gasteiger partial charge is 0.228 e. The van der Waals surface area contributed by atoms with E-state index in [4.69, 9.17) is 4.74 Å². The highest BCUT2D eigenvalue weighted by Gasteiger charge is 2.10. The maximum absolute atomic E-state index is 13.0. The van der Waals surface area contributed by atoms with Gasteiger partial charge in [0, 0.05) is 17.4 Å². The Labute approximate surface area is 184 Å². The second-order valence-electron chi connectivity index (χ2n) is 7.43. The van der Waals surface area contributed by atoms with E-state index in [0.29, 0.717) is 29.0 Å². The standard InChI is InChI=1S/C24H22FN5O2/c1-15-12-16(2)30(29-15)22-14-24(27-17(3)26-22)32-21-10-8-20(9-11-21)28-23(31)13-18-4-6-19(25)7-5-18/h4-12,14H,13H2,1-3H3,(H,28,31). The van der Waals surface area contributed by atoms with E-state index < -0.39 is 0 Å². The van der Waals surface area contributed by atoms with Crippen molar-refractivity contribution < 1.29 is 13.9 Å². The lowest BCUT2D eigenvalue weighted by molar-refractivity contribution is -0.115. The molecule has 4 aromatic rings. The van der Waals surface area contributed by atoms with Gasteiger partial charge in [-0.15, -0.1) is 0 Å². The summed E-state index contributed by atoms with van der Waals surface area (Å²) < 4.78 is 20.6. The number of amides is 1. The second-order valence-corrected chi connectivity index (χ2v) is 7.43. The number of aryl methyl sites for hydroxylation is 3. The molecule has 2 aromatic heterocycles. The minimum atomic E-state index is -0.328. The van der Waals surface area contributed by atoms with Crippen LogP contribution in [0.1, 0.15) is 22.8 Å². The number of anilines is 1. The summed E-state index contributed by atoms with van der Waals surface area (Å²) in [4.78, 5) is 21.0. The van der Waals surface area contributed by atoms with Crippen molar-refractivity contribution in [1.82, 2.24) is 19.7 Å². The van der Waals surface area contributed by atoms with Gasteiger partial charge in [-0.2, -0.15) is 10.1 Å². The molecule has 7 nitrogen and oxygen atoms in total. The molecule has 0 saturated carbocycles. The van der Waals surface area contributed by atoms with Crippen molar-refractivity contribution in [2.45, 2.75) is 27.2 Å². The Morgan fingerprint density at radius 3 is 2.38 bits per heavy atom. The first-order chi connectivity index (χ1) is 15.4. The molecule has 0 fully saturated rings. The van der Waals surface area contributed by atoms with Crippen molar-refractivity contribution in [3.63, 3.8) is 0 Å². The van der Waals surface area contributed by atoms with Gasteiger partial charge in [0.2, 0.25) is 11.8 Å². The van der Waals surface area contributed by atoms with Crippen molar-refractivity contribution in [3.8, 4) is 17.4 Å². The summed E-state index contributed by atoms with van der Waals surface area (Å²) in [5.41, 5.74) is 3.23. The summed E-state index contributed by atoms with van der Waals surface area (Å²) >= 11 is 0. The number of hydrogen-bond donors (Lipinski definition) is 1. The molecule has 32 heavy (non-hydrogen) atoms. The molecule has 0 aliphatic heterocycles. The molecule has 0 bridgehead atoms. The van der Waals surface area contributed by atoms with Crippen molar-refractivity contribution in [3.05, 3.63) is 89.3 Å². The number of benzene rings is 2. The predicted octanol–water partition coefficient (Wildman–Crippen LogP) is 4.70. The Morgan fingerprint density at radius 1 is 1.00 bits per heavy atom. The summed E-state index contributed by atoms with van der Waals surface area (Å²) in [6, 6.07) is 16.5. The molecule has 0 saturated heterocycles. The van der Waals surface area contributed by atoms with Crippen LogP contribution in [0.3, 0.4) is 0 Å². The van der Waals surface area contributed by atoms with Crippen LogP contribution in [0, 0.1) is 26.6 Å². The molecule has 1 amide bonds. The number of ether oxygens (including phenoxy) is 1. The second kappa shape index (κ2) is 8.97. The molecule has 162 valence electrons. The van der Waals surface area contributed by atoms with Crippen LogP contribution in [0.25, 0.3) is 5.82 Å². The van der Waals surface area contributed by atoms with Crippen molar-refractivity contribution in [2.75, 3.05) is 5.32 Å². The summed E-state index contributed by atoms with van der Waals surface area (Å²) in [7, 11) is 0. The number of nitrogens with one attached hydrogen (secondary N) is 1. The maximum Gasteiger partial charge on any atom is 0.228 e. The third-order valence-corrected chi connectivity index (χ3v) is 4.67. The summed E-state index contributed by atoms with van der Waals surface area (Å²) in [5, 5.41) is 7.27. The minimum Gasteiger partial charge on any atom is -0.439 e. The van der Waals surface area contributed by atoms with Gasteiger partial charge in [-0.1, -0.05) is 12.1 Å². The molecular weight excluding hydrogens is 409 g/mol.